The number of carbonyl (C=O) groups excluding carboxylic acids is 1. The molecule has 1 heterocycles. The van der Waals surface area contributed by atoms with Gasteiger partial charge in [0.15, 0.2) is 0 Å². The summed E-state index contributed by atoms with van der Waals surface area (Å²) in [6.45, 7) is 2.35. The summed E-state index contributed by atoms with van der Waals surface area (Å²) in [4.78, 5) is 11.1. The lowest BCUT2D eigenvalue weighted by Gasteiger charge is -2.20. The SMILES string of the molecule is CCc1cc2c(cc1Cl)NCC(=O)N2. The van der Waals surface area contributed by atoms with Crippen LogP contribution in [0.5, 0.6) is 0 Å². The Hall–Kier alpha value is -1.22. The Bertz CT molecular complexity index is 390. The summed E-state index contributed by atoms with van der Waals surface area (Å²) in [6.07, 6.45) is 0.863. The van der Waals surface area contributed by atoms with Crippen LogP contribution in [0, 0.1) is 0 Å². The number of fused-ring (bicyclic) bond motifs is 1. The van der Waals surface area contributed by atoms with Crippen molar-refractivity contribution in [3.05, 3.63) is 22.7 Å². The second-order valence-corrected chi connectivity index (χ2v) is 3.65. The van der Waals surface area contributed by atoms with E-state index >= 15 is 0 Å². The van der Waals surface area contributed by atoms with Crippen molar-refractivity contribution in [2.45, 2.75) is 13.3 Å². The molecule has 2 N–H and O–H groups in total. The molecule has 1 aromatic carbocycles. The summed E-state index contributed by atoms with van der Waals surface area (Å²) >= 11 is 6.05. The number of nitrogens with one attached hydrogen (secondary N) is 2. The molecule has 4 heteroatoms. The zero-order valence-electron chi connectivity index (χ0n) is 7.86. The first kappa shape index (κ1) is 9.34. The highest BCUT2D eigenvalue weighted by Crippen LogP contribution is 2.31. The van der Waals surface area contributed by atoms with Crippen LogP contribution in [0.2, 0.25) is 5.02 Å². The minimum absolute atomic E-state index is 0.0122. The molecule has 0 atom stereocenters. The first-order valence-corrected chi connectivity index (χ1v) is 4.94. The van der Waals surface area contributed by atoms with E-state index in [9.17, 15) is 4.79 Å². The van der Waals surface area contributed by atoms with Gasteiger partial charge in [-0.2, -0.15) is 0 Å². The van der Waals surface area contributed by atoms with E-state index in [4.69, 9.17) is 11.6 Å². The monoisotopic (exact) mass is 210 g/mol. The van der Waals surface area contributed by atoms with E-state index in [-0.39, 0.29) is 5.91 Å². The molecule has 0 spiro atoms. The number of anilines is 2. The average Bonchev–Trinajstić information content (AvgIpc) is 2.17. The zero-order valence-corrected chi connectivity index (χ0v) is 8.61. The van der Waals surface area contributed by atoms with E-state index in [1.807, 2.05) is 19.1 Å². The molecule has 0 bridgehead atoms. The van der Waals surface area contributed by atoms with Gasteiger partial charge >= 0.3 is 0 Å². The fourth-order valence-corrected chi connectivity index (χ4v) is 1.81. The number of halogens is 1. The van der Waals surface area contributed by atoms with Crippen molar-refractivity contribution >= 4 is 28.9 Å². The van der Waals surface area contributed by atoms with Crippen LogP contribution in [0.1, 0.15) is 12.5 Å². The van der Waals surface area contributed by atoms with Crippen LogP contribution in [0.3, 0.4) is 0 Å². The molecule has 0 saturated heterocycles. The molecule has 0 aliphatic carbocycles. The lowest BCUT2D eigenvalue weighted by molar-refractivity contribution is -0.114. The predicted molar refractivity (Wildman–Crippen MR) is 57.9 cm³/mol. The van der Waals surface area contributed by atoms with Gasteiger partial charge in [0.25, 0.3) is 0 Å². The fraction of sp³-hybridized carbons (Fsp3) is 0.300. The van der Waals surface area contributed by atoms with Gasteiger partial charge in [-0.3, -0.25) is 4.79 Å². The molecule has 0 aromatic heterocycles. The van der Waals surface area contributed by atoms with E-state index in [2.05, 4.69) is 10.6 Å². The Morgan fingerprint density at radius 3 is 2.93 bits per heavy atom. The highest BCUT2D eigenvalue weighted by atomic mass is 35.5. The lowest BCUT2D eigenvalue weighted by atomic mass is 10.1. The van der Waals surface area contributed by atoms with Gasteiger partial charge in [-0.05, 0) is 24.1 Å². The normalized spacial score (nSPS) is 14.3. The number of rotatable bonds is 1. The molecular formula is C10H11ClN2O. The van der Waals surface area contributed by atoms with Gasteiger partial charge in [-0.25, -0.2) is 0 Å². The molecule has 0 unspecified atom stereocenters. The molecule has 0 saturated carbocycles. The maximum absolute atomic E-state index is 11.1. The highest BCUT2D eigenvalue weighted by Gasteiger charge is 2.15. The Morgan fingerprint density at radius 2 is 2.21 bits per heavy atom. The van der Waals surface area contributed by atoms with Gasteiger partial charge in [0.1, 0.15) is 0 Å². The van der Waals surface area contributed by atoms with Gasteiger partial charge in [0, 0.05) is 5.02 Å². The van der Waals surface area contributed by atoms with Crippen molar-refractivity contribution in [1.82, 2.24) is 0 Å². The van der Waals surface area contributed by atoms with Crippen LogP contribution < -0.4 is 10.6 Å². The molecule has 1 amide bonds. The van der Waals surface area contributed by atoms with Crippen molar-refractivity contribution in [2.75, 3.05) is 17.2 Å². The van der Waals surface area contributed by atoms with Crippen molar-refractivity contribution in [3.8, 4) is 0 Å². The number of amides is 1. The number of aryl methyl sites for hydroxylation is 1. The maximum atomic E-state index is 11.1. The van der Waals surface area contributed by atoms with E-state index < -0.39 is 0 Å². The summed E-state index contributed by atoms with van der Waals surface area (Å²) in [5.74, 6) is -0.0122. The van der Waals surface area contributed by atoms with Crippen LogP contribution in [-0.2, 0) is 11.2 Å². The topological polar surface area (TPSA) is 41.1 Å². The van der Waals surface area contributed by atoms with E-state index in [1.165, 1.54) is 0 Å². The van der Waals surface area contributed by atoms with Crippen molar-refractivity contribution in [1.29, 1.82) is 0 Å². The van der Waals surface area contributed by atoms with Crippen LogP contribution in [0.25, 0.3) is 0 Å². The number of hydrogen-bond donors (Lipinski definition) is 2. The van der Waals surface area contributed by atoms with Gasteiger partial charge in [-0.15, -0.1) is 0 Å². The van der Waals surface area contributed by atoms with E-state index in [0.29, 0.717) is 6.54 Å². The Kier molecular flexibility index (Phi) is 2.33. The second kappa shape index (κ2) is 3.50. The number of carbonyl (C=O) groups is 1. The van der Waals surface area contributed by atoms with Crippen molar-refractivity contribution in [3.63, 3.8) is 0 Å². The predicted octanol–water partition coefficient (Wildman–Crippen LogP) is 2.27. The average molecular weight is 211 g/mol. The van der Waals surface area contributed by atoms with Gasteiger partial charge in [-0.1, -0.05) is 18.5 Å². The van der Waals surface area contributed by atoms with Crippen LogP contribution in [-0.4, -0.2) is 12.5 Å². The molecule has 0 radical (unpaired) electrons. The molecule has 0 fully saturated rings. The van der Waals surface area contributed by atoms with Crippen LogP contribution in [0.4, 0.5) is 11.4 Å². The van der Waals surface area contributed by atoms with Gasteiger partial charge < -0.3 is 10.6 Å². The lowest BCUT2D eigenvalue weighted by Crippen LogP contribution is -2.27. The summed E-state index contributed by atoms with van der Waals surface area (Å²) in [5, 5.41) is 6.56. The van der Waals surface area contributed by atoms with Crippen LogP contribution >= 0.6 is 11.6 Å². The maximum Gasteiger partial charge on any atom is 0.243 e. The zero-order chi connectivity index (χ0) is 10.1. The standard InChI is InChI=1S/C10H11ClN2O/c1-2-6-3-9-8(4-7(6)11)12-5-10(14)13-9/h3-4,12H,2,5H2,1H3,(H,13,14). The molecule has 1 aromatic rings. The minimum Gasteiger partial charge on any atom is -0.374 e. The highest BCUT2D eigenvalue weighted by molar-refractivity contribution is 6.32. The molecule has 2 rings (SSSR count). The molecule has 14 heavy (non-hydrogen) atoms. The third kappa shape index (κ3) is 1.55. The number of benzene rings is 1. The smallest absolute Gasteiger partial charge is 0.243 e. The number of hydrogen-bond acceptors (Lipinski definition) is 2. The first-order chi connectivity index (χ1) is 6.70. The molecule has 1 aliphatic heterocycles. The van der Waals surface area contributed by atoms with Crippen LogP contribution in [0.15, 0.2) is 12.1 Å². The Morgan fingerprint density at radius 1 is 1.43 bits per heavy atom. The second-order valence-electron chi connectivity index (χ2n) is 3.24. The minimum atomic E-state index is -0.0122. The molecule has 74 valence electrons. The largest absolute Gasteiger partial charge is 0.374 e. The van der Waals surface area contributed by atoms with E-state index in [1.54, 1.807) is 0 Å². The van der Waals surface area contributed by atoms with Gasteiger partial charge in [0.2, 0.25) is 5.91 Å². The first-order valence-electron chi connectivity index (χ1n) is 4.57. The fourth-order valence-electron chi connectivity index (χ4n) is 1.51. The molecule has 3 nitrogen and oxygen atoms in total. The Labute approximate surface area is 87.4 Å². The van der Waals surface area contributed by atoms with E-state index in [0.717, 1.165) is 28.4 Å². The summed E-state index contributed by atoms with van der Waals surface area (Å²) in [5.41, 5.74) is 2.77. The summed E-state index contributed by atoms with van der Waals surface area (Å²) < 4.78 is 0. The third-order valence-electron chi connectivity index (χ3n) is 2.28. The van der Waals surface area contributed by atoms with Crippen molar-refractivity contribution < 1.29 is 4.79 Å². The quantitative estimate of drug-likeness (QED) is 0.747. The van der Waals surface area contributed by atoms with Gasteiger partial charge in [0.05, 0.1) is 17.9 Å². The summed E-state index contributed by atoms with van der Waals surface area (Å²) in [7, 11) is 0. The van der Waals surface area contributed by atoms with Crippen molar-refractivity contribution in [2.24, 2.45) is 0 Å². The third-order valence-corrected chi connectivity index (χ3v) is 2.63. The Balaban J connectivity index is 2.46. The molecular weight excluding hydrogens is 200 g/mol. The molecule has 1 aliphatic rings. The summed E-state index contributed by atoms with van der Waals surface area (Å²) in [6, 6.07) is 3.77.